The molecule has 1 amide bonds. The molecule has 7 heteroatoms. The van der Waals surface area contributed by atoms with Gasteiger partial charge in [0.15, 0.2) is 17.2 Å². The Balaban J connectivity index is 1.53. The Hall–Kier alpha value is -2.41. The maximum Gasteiger partial charge on any atom is 0.276 e. The molecule has 25 heavy (non-hydrogen) atoms. The monoisotopic (exact) mass is 344 g/mol. The second-order valence-corrected chi connectivity index (χ2v) is 6.47. The van der Waals surface area contributed by atoms with Gasteiger partial charge >= 0.3 is 0 Å². The van der Waals surface area contributed by atoms with Gasteiger partial charge in [0.25, 0.3) is 5.91 Å². The third-order valence-electron chi connectivity index (χ3n) is 4.86. The molecule has 7 nitrogen and oxygen atoms in total. The molecule has 1 aliphatic carbocycles. The fraction of sp³-hybridized carbons (Fsp3) is 0.500. The summed E-state index contributed by atoms with van der Waals surface area (Å²) in [6.07, 6.45) is 5.39. The van der Waals surface area contributed by atoms with Gasteiger partial charge in [-0.15, -0.1) is 0 Å². The van der Waals surface area contributed by atoms with Crippen LogP contribution in [0, 0.1) is 0 Å². The minimum absolute atomic E-state index is 0.138. The SMILES string of the molecule is O=C(CC1COCCN1C(=O)c1noc2c1CCCC2)c1ccco1. The lowest BCUT2D eigenvalue weighted by molar-refractivity contribution is -0.00356. The van der Waals surface area contributed by atoms with E-state index < -0.39 is 0 Å². The van der Waals surface area contributed by atoms with E-state index in [4.69, 9.17) is 13.7 Å². The molecule has 2 aliphatic rings. The Labute approximate surface area is 144 Å². The zero-order valence-corrected chi connectivity index (χ0v) is 13.9. The van der Waals surface area contributed by atoms with E-state index in [0.29, 0.717) is 31.2 Å². The summed E-state index contributed by atoms with van der Waals surface area (Å²) in [5.74, 6) is 0.816. The first-order valence-electron chi connectivity index (χ1n) is 8.67. The minimum atomic E-state index is -0.324. The molecule has 0 aromatic carbocycles. The number of ether oxygens (including phenoxy) is 1. The molecule has 132 valence electrons. The van der Waals surface area contributed by atoms with Gasteiger partial charge in [-0.05, 0) is 31.4 Å². The highest BCUT2D eigenvalue weighted by Gasteiger charge is 2.34. The van der Waals surface area contributed by atoms with Gasteiger partial charge in [0.2, 0.25) is 0 Å². The van der Waals surface area contributed by atoms with E-state index in [0.717, 1.165) is 37.0 Å². The number of hydrogen-bond acceptors (Lipinski definition) is 6. The highest BCUT2D eigenvalue weighted by atomic mass is 16.5. The Morgan fingerprint density at radius 3 is 3.00 bits per heavy atom. The number of Topliss-reactive ketones (excluding diaryl/α,β-unsaturated/α-hetero) is 1. The lowest BCUT2D eigenvalue weighted by Crippen LogP contribution is -2.49. The standard InChI is InChI=1S/C18H20N2O5/c21-14(16-6-3-8-24-16)10-12-11-23-9-7-20(12)18(22)17-13-4-1-2-5-15(13)25-19-17/h3,6,8,12H,1-2,4-5,7,9-11H2. The fourth-order valence-electron chi connectivity index (χ4n) is 3.53. The van der Waals surface area contributed by atoms with Crippen molar-refractivity contribution in [3.05, 3.63) is 41.2 Å². The van der Waals surface area contributed by atoms with Crippen LogP contribution in [0.15, 0.2) is 27.3 Å². The Bertz CT molecular complexity index is 765. The predicted molar refractivity (Wildman–Crippen MR) is 86.4 cm³/mol. The van der Waals surface area contributed by atoms with Crippen LogP contribution in [0.4, 0.5) is 0 Å². The number of hydrogen-bond donors (Lipinski definition) is 0. The van der Waals surface area contributed by atoms with Crippen LogP contribution in [0.1, 0.15) is 51.6 Å². The molecule has 1 atom stereocenters. The molecule has 0 bridgehead atoms. The number of furan rings is 1. The highest BCUT2D eigenvalue weighted by Crippen LogP contribution is 2.26. The predicted octanol–water partition coefficient (Wildman–Crippen LogP) is 2.26. The molecular weight excluding hydrogens is 324 g/mol. The number of rotatable bonds is 4. The summed E-state index contributed by atoms with van der Waals surface area (Å²) in [4.78, 5) is 27.1. The molecule has 2 aromatic heterocycles. The number of aromatic nitrogens is 1. The van der Waals surface area contributed by atoms with Crippen molar-refractivity contribution >= 4 is 11.7 Å². The van der Waals surface area contributed by atoms with Crippen molar-refractivity contribution in [3.63, 3.8) is 0 Å². The molecule has 0 saturated carbocycles. The van der Waals surface area contributed by atoms with Crippen LogP contribution in [-0.4, -0.2) is 47.5 Å². The van der Waals surface area contributed by atoms with Crippen LogP contribution in [0.5, 0.6) is 0 Å². The van der Waals surface area contributed by atoms with E-state index in [1.165, 1.54) is 6.26 Å². The van der Waals surface area contributed by atoms with Crippen molar-refractivity contribution in [2.24, 2.45) is 0 Å². The maximum absolute atomic E-state index is 13.0. The van der Waals surface area contributed by atoms with Gasteiger partial charge < -0.3 is 18.6 Å². The normalized spacial score (nSPS) is 20.3. The molecule has 0 radical (unpaired) electrons. The molecule has 3 heterocycles. The third-order valence-corrected chi connectivity index (χ3v) is 4.86. The fourth-order valence-corrected chi connectivity index (χ4v) is 3.53. The summed E-state index contributed by atoms with van der Waals surface area (Å²) in [5.41, 5.74) is 1.32. The number of morpholine rings is 1. The van der Waals surface area contributed by atoms with E-state index in [-0.39, 0.29) is 24.2 Å². The number of fused-ring (bicyclic) bond motifs is 1. The largest absolute Gasteiger partial charge is 0.461 e. The first-order valence-corrected chi connectivity index (χ1v) is 8.67. The molecule has 1 fully saturated rings. The first-order chi connectivity index (χ1) is 12.2. The van der Waals surface area contributed by atoms with Gasteiger partial charge in [-0.1, -0.05) is 5.16 Å². The first kappa shape index (κ1) is 16.1. The topological polar surface area (TPSA) is 85.8 Å². The molecule has 4 rings (SSSR count). The van der Waals surface area contributed by atoms with Crippen molar-refractivity contribution < 1.29 is 23.3 Å². The van der Waals surface area contributed by atoms with Crippen LogP contribution in [0.2, 0.25) is 0 Å². The highest BCUT2D eigenvalue weighted by molar-refractivity contribution is 5.96. The second-order valence-electron chi connectivity index (χ2n) is 6.47. The van der Waals surface area contributed by atoms with Crippen LogP contribution >= 0.6 is 0 Å². The number of aryl methyl sites for hydroxylation is 1. The average molecular weight is 344 g/mol. The van der Waals surface area contributed by atoms with Crippen LogP contribution < -0.4 is 0 Å². The van der Waals surface area contributed by atoms with Crippen molar-refractivity contribution in [2.45, 2.75) is 38.1 Å². The smallest absolute Gasteiger partial charge is 0.276 e. The van der Waals surface area contributed by atoms with E-state index in [2.05, 4.69) is 5.16 Å². The lowest BCUT2D eigenvalue weighted by atomic mass is 9.95. The van der Waals surface area contributed by atoms with Crippen molar-refractivity contribution in [2.75, 3.05) is 19.8 Å². The van der Waals surface area contributed by atoms with Gasteiger partial charge in [-0.2, -0.15) is 0 Å². The van der Waals surface area contributed by atoms with Crippen molar-refractivity contribution in [3.8, 4) is 0 Å². The van der Waals surface area contributed by atoms with Gasteiger partial charge in [-0.25, -0.2) is 0 Å². The summed E-state index contributed by atoms with van der Waals surface area (Å²) >= 11 is 0. The zero-order chi connectivity index (χ0) is 17.2. The zero-order valence-electron chi connectivity index (χ0n) is 13.9. The van der Waals surface area contributed by atoms with Crippen molar-refractivity contribution in [1.82, 2.24) is 10.1 Å². The summed E-state index contributed by atoms with van der Waals surface area (Å²) in [5, 5.41) is 4.03. The van der Waals surface area contributed by atoms with Gasteiger partial charge in [-0.3, -0.25) is 9.59 Å². The van der Waals surface area contributed by atoms with Crippen LogP contribution in [0.25, 0.3) is 0 Å². The summed E-state index contributed by atoms with van der Waals surface area (Å²) < 4.78 is 16.0. The molecule has 2 aromatic rings. The van der Waals surface area contributed by atoms with Crippen molar-refractivity contribution in [1.29, 1.82) is 0 Å². The average Bonchev–Trinajstić information content (AvgIpc) is 3.31. The molecule has 1 aliphatic heterocycles. The van der Waals surface area contributed by atoms with E-state index in [1.807, 2.05) is 0 Å². The Morgan fingerprint density at radius 2 is 2.16 bits per heavy atom. The van der Waals surface area contributed by atoms with Gasteiger partial charge in [0, 0.05) is 24.9 Å². The summed E-state index contributed by atoms with van der Waals surface area (Å²) in [7, 11) is 0. The molecule has 0 N–H and O–H groups in total. The summed E-state index contributed by atoms with van der Waals surface area (Å²) in [6.45, 7) is 1.23. The van der Waals surface area contributed by atoms with Gasteiger partial charge in [0.05, 0.1) is 25.5 Å². The van der Waals surface area contributed by atoms with E-state index >= 15 is 0 Å². The number of ketones is 1. The second kappa shape index (κ2) is 6.84. The number of carbonyl (C=O) groups is 2. The van der Waals surface area contributed by atoms with Gasteiger partial charge in [0.1, 0.15) is 5.76 Å². The maximum atomic E-state index is 13.0. The van der Waals surface area contributed by atoms with E-state index in [9.17, 15) is 9.59 Å². The molecule has 1 unspecified atom stereocenters. The van der Waals surface area contributed by atoms with Crippen LogP contribution in [0.3, 0.4) is 0 Å². The number of amides is 1. The molecule has 1 saturated heterocycles. The van der Waals surface area contributed by atoms with E-state index in [1.54, 1.807) is 17.0 Å². The minimum Gasteiger partial charge on any atom is -0.461 e. The Kier molecular flexibility index (Phi) is 4.40. The quantitative estimate of drug-likeness (QED) is 0.791. The number of carbonyl (C=O) groups excluding carboxylic acids is 2. The summed E-state index contributed by atoms with van der Waals surface area (Å²) in [6, 6.07) is 2.98. The molecule has 0 spiro atoms. The lowest BCUT2D eigenvalue weighted by Gasteiger charge is -2.34. The number of nitrogens with zero attached hydrogens (tertiary/aromatic N) is 2. The third kappa shape index (κ3) is 3.11. The van der Waals surface area contributed by atoms with Crippen LogP contribution in [-0.2, 0) is 17.6 Å². The molecular formula is C18H20N2O5. The Morgan fingerprint density at radius 1 is 1.28 bits per heavy atom.